The molecule has 1 saturated carbocycles. The van der Waals surface area contributed by atoms with Gasteiger partial charge in [0, 0.05) is 24.5 Å². The van der Waals surface area contributed by atoms with E-state index in [4.69, 9.17) is 0 Å². The van der Waals surface area contributed by atoms with E-state index in [2.05, 4.69) is 27.7 Å². The SMILES string of the molecule is O=C(NCC1CCCN(Cc2cccs2)C1)C1(c2cccc(F)c2)CCCC1. The maximum atomic E-state index is 13.8. The molecule has 1 aliphatic heterocycles. The molecule has 3 nitrogen and oxygen atoms in total. The van der Waals surface area contributed by atoms with Crippen molar-refractivity contribution in [1.29, 1.82) is 0 Å². The van der Waals surface area contributed by atoms with Gasteiger partial charge in [-0.3, -0.25) is 9.69 Å². The molecule has 2 heterocycles. The lowest BCUT2D eigenvalue weighted by atomic mass is 9.77. The lowest BCUT2D eigenvalue weighted by Gasteiger charge is -2.34. The average Bonchev–Trinajstić information content (AvgIpc) is 3.39. The molecule has 0 radical (unpaired) electrons. The van der Waals surface area contributed by atoms with Crippen LogP contribution in [0.5, 0.6) is 0 Å². The van der Waals surface area contributed by atoms with Gasteiger partial charge in [0.05, 0.1) is 5.41 Å². The van der Waals surface area contributed by atoms with Crippen LogP contribution in [0.1, 0.15) is 49.0 Å². The summed E-state index contributed by atoms with van der Waals surface area (Å²) in [5, 5.41) is 5.38. The Kier molecular flexibility index (Phi) is 6.12. The summed E-state index contributed by atoms with van der Waals surface area (Å²) in [6.07, 6.45) is 6.04. The van der Waals surface area contributed by atoms with Crippen molar-refractivity contribution in [3.63, 3.8) is 0 Å². The van der Waals surface area contributed by atoms with Gasteiger partial charge in [0.2, 0.25) is 5.91 Å². The number of nitrogens with zero attached hydrogens (tertiary/aromatic N) is 1. The van der Waals surface area contributed by atoms with Crippen LogP contribution in [0.15, 0.2) is 41.8 Å². The molecule has 1 N–H and O–H groups in total. The second-order valence-electron chi connectivity index (χ2n) is 8.33. The minimum Gasteiger partial charge on any atom is -0.355 e. The normalized spacial score (nSPS) is 22.2. The van der Waals surface area contributed by atoms with Crippen molar-refractivity contribution in [3.8, 4) is 0 Å². The molecule has 4 rings (SSSR count). The number of halogens is 1. The summed E-state index contributed by atoms with van der Waals surface area (Å²) in [4.78, 5) is 17.1. The smallest absolute Gasteiger partial charge is 0.230 e. The molecule has 28 heavy (non-hydrogen) atoms. The standard InChI is InChI=1S/C23H29FN2OS/c24-20-8-3-7-19(14-20)23(10-1-2-11-23)22(27)25-15-18-6-4-12-26(16-18)17-21-9-5-13-28-21/h3,5,7-9,13-14,18H,1-2,4,6,10-12,15-17H2,(H,25,27). The van der Waals surface area contributed by atoms with Gasteiger partial charge >= 0.3 is 0 Å². The first-order valence-corrected chi connectivity index (χ1v) is 11.3. The number of hydrogen-bond donors (Lipinski definition) is 1. The minimum absolute atomic E-state index is 0.0889. The first kappa shape index (κ1) is 19.6. The molecule has 1 aliphatic carbocycles. The summed E-state index contributed by atoms with van der Waals surface area (Å²) in [7, 11) is 0. The van der Waals surface area contributed by atoms with Gasteiger partial charge in [0.1, 0.15) is 5.82 Å². The van der Waals surface area contributed by atoms with Crippen LogP contribution in [-0.2, 0) is 16.8 Å². The lowest BCUT2D eigenvalue weighted by Crippen LogP contribution is -2.46. The Morgan fingerprint density at radius 2 is 2.07 bits per heavy atom. The molecule has 1 saturated heterocycles. The third-order valence-corrected chi connectivity index (χ3v) is 7.24. The number of carbonyl (C=O) groups is 1. The highest BCUT2D eigenvalue weighted by molar-refractivity contribution is 7.09. The highest BCUT2D eigenvalue weighted by Gasteiger charge is 2.42. The topological polar surface area (TPSA) is 32.3 Å². The first-order valence-electron chi connectivity index (χ1n) is 10.4. The summed E-state index contributed by atoms with van der Waals surface area (Å²) in [6, 6.07) is 10.9. The molecular formula is C23H29FN2OS. The molecule has 1 unspecified atom stereocenters. The van der Waals surface area contributed by atoms with Gasteiger partial charge < -0.3 is 5.32 Å². The Labute approximate surface area is 170 Å². The van der Waals surface area contributed by atoms with E-state index in [9.17, 15) is 9.18 Å². The zero-order chi connectivity index (χ0) is 19.4. The molecule has 2 aliphatic rings. The summed E-state index contributed by atoms with van der Waals surface area (Å²) in [5.41, 5.74) is 0.290. The predicted molar refractivity (Wildman–Crippen MR) is 112 cm³/mol. The highest BCUT2D eigenvalue weighted by atomic mass is 32.1. The number of likely N-dealkylation sites (tertiary alicyclic amines) is 1. The number of piperidine rings is 1. The third kappa shape index (κ3) is 4.31. The highest BCUT2D eigenvalue weighted by Crippen LogP contribution is 2.41. The van der Waals surface area contributed by atoms with Gasteiger partial charge in [-0.2, -0.15) is 0 Å². The van der Waals surface area contributed by atoms with Crippen LogP contribution in [-0.4, -0.2) is 30.4 Å². The molecule has 0 bridgehead atoms. The summed E-state index contributed by atoms with van der Waals surface area (Å²) < 4.78 is 13.8. The molecule has 5 heteroatoms. The average molecular weight is 401 g/mol. The molecule has 1 aromatic carbocycles. The van der Waals surface area contributed by atoms with E-state index in [1.807, 2.05) is 17.4 Å². The zero-order valence-electron chi connectivity index (χ0n) is 16.3. The fraction of sp³-hybridized carbons (Fsp3) is 0.522. The largest absolute Gasteiger partial charge is 0.355 e. The second kappa shape index (κ2) is 8.75. The second-order valence-corrected chi connectivity index (χ2v) is 9.36. The maximum Gasteiger partial charge on any atom is 0.230 e. The number of carbonyl (C=O) groups excluding carboxylic acids is 1. The summed E-state index contributed by atoms with van der Waals surface area (Å²) in [6.45, 7) is 3.90. The van der Waals surface area contributed by atoms with Crippen LogP contribution < -0.4 is 5.32 Å². The van der Waals surface area contributed by atoms with E-state index in [-0.39, 0.29) is 11.7 Å². The van der Waals surface area contributed by atoms with Crippen LogP contribution in [0.25, 0.3) is 0 Å². The number of thiophene rings is 1. The molecular weight excluding hydrogens is 371 g/mol. The zero-order valence-corrected chi connectivity index (χ0v) is 17.1. The van der Waals surface area contributed by atoms with Crippen LogP contribution in [0.2, 0.25) is 0 Å². The molecule has 1 aromatic heterocycles. The van der Waals surface area contributed by atoms with Crippen molar-refractivity contribution in [3.05, 3.63) is 58.0 Å². The van der Waals surface area contributed by atoms with Gasteiger partial charge in [-0.05, 0) is 67.3 Å². The van der Waals surface area contributed by atoms with Crippen molar-refractivity contribution < 1.29 is 9.18 Å². The monoisotopic (exact) mass is 400 g/mol. The Morgan fingerprint density at radius 1 is 1.21 bits per heavy atom. The van der Waals surface area contributed by atoms with E-state index in [0.29, 0.717) is 5.92 Å². The Balaban J connectivity index is 1.37. The molecule has 2 aromatic rings. The molecule has 2 fully saturated rings. The van der Waals surface area contributed by atoms with Crippen LogP contribution >= 0.6 is 11.3 Å². The van der Waals surface area contributed by atoms with Crippen molar-refractivity contribution in [2.45, 2.75) is 50.5 Å². The molecule has 0 spiro atoms. The van der Waals surface area contributed by atoms with E-state index >= 15 is 0 Å². The number of rotatable bonds is 6. The maximum absolute atomic E-state index is 13.8. The number of benzene rings is 1. The minimum atomic E-state index is -0.548. The molecule has 1 amide bonds. The van der Waals surface area contributed by atoms with Crippen LogP contribution in [0.3, 0.4) is 0 Å². The van der Waals surface area contributed by atoms with Crippen molar-refractivity contribution in [2.75, 3.05) is 19.6 Å². The third-order valence-electron chi connectivity index (χ3n) is 6.38. The van der Waals surface area contributed by atoms with Gasteiger partial charge in [0.15, 0.2) is 0 Å². The Hall–Kier alpha value is -1.72. The quantitative estimate of drug-likeness (QED) is 0.760. The molecule has 1 atom stereocenters. The number of nitrogens with one attached hydrogen (secondary N) is 1. The summed E-state index contributed by atoms with van der Waals surface area (Å²) in [5.74, 6) is 0.322. The predicted octanol–water partition coefficient (Wildman–Crippen LogP) is 4.73. The van der Waals surface area contributed by atoms with Crippen LogP contribution in [0.4, 0.5) is 4.39 Å². The Morgan fingerprint density at radius 3 is 2.82 bits per heavy atom. The van der Waals surface area contributed by atoms with Gasteiger partial charge in [-0.25, -0.2) is 4.39 Å². The van der Waals surface area contributed by atoms with Gasteiger partial charge in [-0.15, -0.1) is 11.3 Å². The van der Waals surface area contributed by atoms with Gasteiger partial charge in [-0.1, -0.05) is 31.0 Å². The van der Waals surface area contributed by atoms with Gasteiger partial charge in [0.25, 0.3) is 0 Å². The van der Waals surface area contributed by atoms with E-state index in [0.717, 1.165) is 63.8 Å². The summed E-state index contributed by atoms with van der Waals surface area (Å²) >= 11 is 1.81. The van der Waals surface area contributed by atoms with E-state index < -0.39 is 5.41 Å². The molecule has 150 valence electrons. The number of hydrogen-bond acceptors (Lipinski definition) is 3. The lowest BCUT2D eigenvalue weighted by molar-refractivity contribution is -0.127. The fourth-order valence-electron chi connectivity index (χ4n) is 4.90. The van der Waals surface area contributed by atoms with Crippen LogP contribution in [0, 0.1) is 11.7 Å². The van der Waals surface area contributed by atoms with E-state index in [1.54, 1.807) is 12.1 Å². The van der Waals surface area contributed by atoms with Crippen molar-refractivity contribution >= 4 is 17.2 Å². The van der Waals surface area contributed by atoms with E-state index in [1.165, 1.54) is 17.4 Å². The number of amides is 1. The Bertz CT molecular complexity index is 786. The fourth-order valence-corrected chi connectivity index (χ4v) is 5.65. The van der Waals surface area contributed by atoms with Crippen molar-refractivity contribution in [2.24, 2.45) is 5.92 Å². The first-order chi connectivity index (χ1) is 13.7. The van der Waals surface area contributed by atoms with Crippen molar-refractivity contribution in [1.82, 2.24) is 10.2 Å².